The van der Waals surface area contributed by atoms with Gasteiger partial charge in [-0.15, -0.1) is 0 Å². The minimum Gasteiger partial charge on any atom is -0.480 e. The third-order valence-corrected chi connectivity index (χ3v) is 11.1. The molecule has 0 aromatic heterocycles. The van der Waals surface area contributed by atoms with Gasteiger partial charge in [-0.05, 0) is 76.7 Å². The smallest absolute Gasteiger partial charge is 0.328 e. The Labute approximate surface area is 367 Å². The quantitative estimate of drug-likeness (QED) is 0.0272. The predicted molar refractivity (Wildman–Crippen MR) is 250 cm³/mol. The Balaban J connectivity index is 4.09. The molecule has 0 spiro atoms. The van der Waals surface area contributed by atoms with Crippen molar-refractivity contribution in [2.75, 3.05) is 13.2 Å². The molecule has 4 N–H and O–H groups in total. The average Bonchev–Trinajstić information content (AvgIpc) is 3.23. The van der Waals surface area contributed by atoms with Gasteiger partial charge >= 0.3 is 11.9 Å². The molecular weight excluding hydrogens is 753 g/mol. The van der Waals surface area contributed by atoms with E-state index in [0.717, 1.165) is 64.2 Å². The minimum atomic E-state index is -1.38. The molecule has 0 fully saturated rings. The van der Waals surface area contributed by atoms with Gasteiger partial charge in [-0.2, -0.15) is 0 Å². The fourth-order valence-corrected chi connectivity index (χ4v) is 7.24. The Bertz CT molecular complexity index is 1110. The second-order valence-corrected chi connectivity index (χ2v) is 16.9. The molecule has 0 heterocycles. The van der Waals surface area contributed by atoms with Gasteiger partial charge in [0.1, 0.15) is 12.1 Å². The first kappa shape index (κ1) is 57.1. The Hall–Kier alpha value is -2.94. The molecule has 0 radical (unpaired) electrons. The first-order chi connectivity index (χ1) is 29.3. The number of amides is 2. The van der Waals surface area contributed by atoms with Crippen LogP contribution >= 0.6 is 0 Å². The van der Waals surface area contributed by atoms with Crippen LogP contribution in [-0.4, -0.2) is 59.3 Å². The van der Waals surface area contributed by atoms with Gasteiger partial charge in [0, 0.05) is 12.8 Å². The molecule has 9 heteroatoms. The highest BCUT2D eigenvalue weighted by Crippen LogP contribution is 2.17. The van der Waals surface area contributed by atoms with Crippen LogP contribution in [0.1, 0.15) is 239 Å². The zero-order valence-electron chi connectivity index (χ0n) is 38.7. The van der Waals surface area contributed by atoms with Crippen molar-refractivity contribution in [3.63, 3.8) is 0 Å². The lowest BCUT2D eigenvalue weighted by Gasteiger charge is -2.15. The summed E-state index contributed by atoms with van der Waals surface area (Å²) in [5, 5.41) is 22.5. The number of ether oxygens (including phenoxy) is 1. The maximum atomic E-state index is 12.8. The Morgan fingerprint density at radius 2 is 0.950 bits per heavy atom. The number of rotatable bonds is 45. The van der Waals surface area contributed by atoms with E-state index in [1.165, 1.54) is 141 Å². The van der Waals surface area contributed by atoms with Crippen LogP contribution < -0.4 is 10.6 Å². The second kappa shape index (κ2) is 45.6. The van der Waals surface area contributed by atoms with E-state index in [0.29, 0.717) is 19.3 Å². The molecule has 9 nitrogen and oxygen atoms in total. The highest BCUT2D eigenvalue weighted by atomic mass is 16.5. The van der Waals surface area contributed by atoms with Crippen LogP contribution in [0.25, 0.3) is 0 Å². The fourth-order valence-electron chi connectivity index (χ4n) is 7.24. The first-order valence-corrected chi connectivity index (χ1v) is 24.9. The summed E-state index contributed by atoms with van der Waals surface area (Å²) in [5.41, 5.74) is 0. The van der Waals surface area contributed by atoms with Gasteiger partial charge in [0.05, 0.1) is 13.2 Å². The summed E-state index contributed by atoms with van der Waals surface area (Å²) in [7, 11) is 0. The highest BCUT2D eigenvalue weighted by molar-refractivity contribution is 5.87. The van der Waals surface area contributed by atoms with Crippen LogP contribution in [0.2, 0.25) is 0 Å². The molecule has 0 aromatic carbocycles. The molecule has 2 atom stereocenters. The first-order valence-electron chi connectivity index (χ1n) is 24.9. The number of aliphatic hydroxyl groups is 1. The average molecular weight is 845 g/mol. The molecule has 0 saturated carbocycles. The summed E-state index contributed by atoms with van der Waals surface area (Å²) < 4.78 is 5.96. The van der Waals surface area contributed by atoms with Crippen molar-refractivity contribution in [1.29, 1.82) is 0 Å². The van der Waals surface area contributed by atoms with Crippen molar-refractivity contribution < 1.29 is 34.1 Å². The molecule has 60 heavy (non-hydrogen) atoms. The number of carbonyl (C=O) groups excluding carboxylic acids is 3. The third-order valence-electron chi connectivity index (χ3n) is 11.1. The topological polar surface area (TPSA) is 142 Å². The Kier molecular flexibility index (Phi) is 43.4. The van der Waals surface area contributed by atoms with Gasteiger partial charge in [-0.1, -0.05) is 185 Å². The van der Waals surface area contributed by atoms with Crippen molar-refractivity contribution in [3.05, 3.63) is 36.5 Å². The van der Waals surface area contributed by atoms with E-state index in [9.17, 15) is 19.2 Å². The van der Waals surface area contributed by atoms with E-state index in [4.69, 9.17) is 14.9 Å². The van der Waals surface area contributed by atoms with E-state index in [-0.39, 0.29) is 24.5 Å². The van der Waals surface area contributed by atoms with E-state index < -0.39 is 24.5 Å². The van der Waals surface area contributed by atoms with E-state index in [1.54, 1.807) is 0 Å². The van der Waals surface area contributed by atoms with Gasteiger partial charge < -0.3 is 25.6 Å². The summed E-state index contributed by atoms with van der Waals surface area (Å²) in [6, 6.07) is -1.38. The maximum Gasteiger partial charge on any atom is 0.328 e. The van der Waals surface area contributed by atoms with E-state index in [1.807, 2.05) is 0 Å². The van der Waals surface area contributed by atoms with Crippen molar-refractivity contribution in [3.8, 4) is 0 Å². The van der Waals surface area contributed by atoms with Crippen molar-refractivity contribution >= 4 is 23.8 Å². The SMILES string of the molecule is CCCCCCC/C=C\C/C=C\CCCCCCCCCCCCCC(=O)OC(/C=C\CCCCCCCC)CCCCCCCCC(=O)NCC(=O)NC(CO)C(=O)O. The number of carboxylic acids is 1. The molecular formula is C51H92N2O7. The zero-order chi connectivity index (χ0) is 44.0. The number of unbranched alkanes of at least 4 members (excludes halogenated alkanes) is 27. The highest BCUT2D eigenvalue weighted by Gasteiger charge is 2.18. The van der Waals surface area contributed by atoms with Gasteiger partial charge in [0.2, 0.25) is 11.8 Å². The number of nitrogens with one attached hydrogen (secondary N) is 2. The lowest BCUT2D eigenvalue weighted by atomic mass is 10.0. The summed E-state index contributed by atoms with van der Waals surface area (Å²) in [4.78, 5) is 47.5. The molecule has 0 bridgehead atoms. The third kappa shape index (κ3) is 41.8. The summed E-state index contributed by atoms with van der Waals surface area (Å²) in [6.07, 6.45) is 53.5. The number of esters is 1. The van der Waals surface area contributed by atoms with E-state index in [2.05, 4.69) is 60.9 Å². The van der Waals surface area contributed by atoms with Gasteiger partial charge in [0.15, 0.2) is 0 Å². The monoisotopic (exact) mass is 845 g/mol. The molecule has 0 aliphatic heterocycles. The number of allylic oxidation sites excluding steroid dienone is 5. The number of hydrogen-bond acceptors (Lipinski definition) is 6. The molecule has 2 amide bonds. The summed E-state index contributed by atoms with van der Waals surface area (Å²) in [5.74, 6) is -2.32. The van der Waals surface area contributed by atoms with Crippen molar-refractivity contribution in [2.45, 2.75) is 251 Å². The van der Waals surface area contributed by atoms with Crippen LogP contribution in [0, 0.1) is 0 Å². The minimum absolute atomic E-state index is 0.0779. The van der Waals surface area contributed by atoms with Gasteiger partial charge in [-0.3, -0.25) is 14.4 Å². The van der Waals surface area contributed by atoms with Crippen LogP contribution in [0.4, 0.5) is 0 Å². The Morgan fingerprint density at radius 3 is 1.43 bits per heavy atom. The fraction of sp³-hybridized carbons (Fsp3) is 0.804. The predicted octanol–water partition coefficient (Wildman–Crippen LogP) is 12.9. The zero-order valence-corrected chi connectivity index (χ0v) is 38.7. The molecule has 348 valence electrons. The molecule has 0 aliphatic rings. The second-order valence-electron chi connectivity index (χ2n) is 16.9. The largest absolute Gasteiger partial charge is 0.480 e. The number of aliphatic carboxylic acids is 1. The van der Waals surface area contributed by atoms with Crippen LogP contribution in [0.15, 0.2) is 36.5 Å². The van der Waals surface area contributed by atoms with Gasteiger partial charge in [-0.25, -0.2) is 4.79 Å². The maximum absolute atomic E-state index is 12.8. The van der Waals surface area contributed by atoms with Crippen LogP contribution in [0.3, 0.4) is 0 Å². The number of hydrogen-bond donors (Lipinski definition) is 4. The van der Waals surface area contributed by atoms with Crippen LogP contribution in [-0.2, 0) is 23.9 Å². The lowest BCUT2D eigenvalue weighted by molar-refractivity contribution is -0.147. The summed E-state index contributed by atoms with van der Waals surface area (Å²) >= 11 is 0. The molecule has 0 aromatic rings. The molecule has 0 rings (SSSR count). The van der Waals surface area contributed by atoms with Gasteiger partial charge in [0.25, 0.3) is 0 Å². The number of aliphatic hydroxyl groups excluding tert-OH is 1. The molecule has 0 aliphatic carbocycles. The van der Waals surface area contributed by atoms with Crippen molar-refractivity contribution in [1.82, 2.24) is 10.6 Å². The van der Waals surface area contributed by atoms with Crippen molar-refractivity contribution in [2.24, 2.45) is 0 Å². The van der Waals surface area contributed by atoms with E-state index >= 15 is 0 Å². The molecule has 2 unspecified atom stereocenters. The standard InChI is InChI=1S/C51H92N2O7/c1-3-5-7-9-11-13-14-15-16-17-18-19-20-21-22-23-24-25-26-27-29-35-39-43-50(57)60-46(40-36-32-28-12-10-8-6-4-2)41-37-33-30-31-34-38-42-48(55)52-44-49(56)53-47(45-54)51(58)59/h14-15,17-18,36,40,46-47,54H,3-13,16,19-35,37-39,41-45H2,1-2H3,(H,52,55)(H,53,56)(H,58,59)/b15-14-,18-17-,40-36-. The summed E-state index contributed by atoms with van der Waals surface area (Å²) in [6.45, 7) is 3.47. The molecule has 0 saturated heterocycles. The number of carbonyl (C=O) groups is 4. The normalized spacial score (nSPS) is 12.7. The lowest BCUT2D eigenvalue weighted by Crippen LogP contribution is -2.47. The Morgan fingerprint density at radius 1 is 0.517 bits per heavy atom. The van der Waals surface area contributed by atoms with Crippen LogP contribution in [0.5, 0.6) is 0 Å². The number of carboxylic acid groups (broad SMARTS) is 1.